The quantitative estimate of drug-likeness (QED) is 0.432. The van der Waals surface area contributed by atoms with Crippen LogP contribution >= 0.6 is 0 Å². The van der Waals surface area contributed by atoms with Crippen molar-refractivity contribution in [1.82, 2.24) is 14.8 Å². The number of carbonyl (C=O) groups is 2. The molecule has 0 bridgehead atoms. The first-order valence-electron chi connectivity index (χ1n) is 11.7. The van der Waals surface area contributed by atoms with Crippen molar-refractivity contribution < 1.29 is 14.3 Å². The number of imide groups is 1. The van der Waals surface area contributed by atoms with Crippen LogP contribution in [-0.4, -0.2) is 39.4 Å². The monoisotopic (exact) mass is 451 g/mol. The second-order valence-electron chi connectivity index (χ2n) is 8.79. The van der Waals surface area contributed by atoms with Crippen molar-refractivity contribution in [3.8, 4) is 5.75 Å². The summed E-state index contributed by atoms with van der Waals surface area (Å²) in [5.41, 5.74) is 4.99. The summed E-state index contributed by atoms with van der Waals surface area (Å²) in [6.45, 7) is 2.81. The summed E-state index contributed by atoms with van der Waals surface area (Å²) in [4.78, 5) is 34.0. The Morgan fingerprint density at radius 2 is 1.68 bits per heavy atom. The average molecular weight is 452 g/mol. The van der Waals surface area contributed by atoms with E-state index >= 15 is 0 Å². The summed E-state index contributed by atoms with van der Waals surface area (Å²) >= 11 is 0. The van der Waals surface area contributed by atoms with Gasteiger partial charge in [0.1, 0.15) is 17.8 Å². The summed E-state index contributed by atoms with van der Waals surface area (Å²) in [5.74, 6) is 0.644. The molecule has 2 aliphatic heterocycles. The third-order valence-electron chi connectivity index (χ3n) is 6.82. The van der Waals surface area contributed by atoms with Gasteiger partial charge < -0.3 is 9.72 Å². The molecule has 0 spiro atoms. The van der Waals surface area contributed by atoms with E-state index in [1.807, 2.05) is 79.7 Å². The number of urea groups is 1. The maximum Gasteiger partial charge on any atom is 0.328 e. The number of fused-ring (bicyclic) bond motifs is 4. The van der Waals surface area contributed by atoms with Crippen molar-refractivity contribution in [3.05, 3.63) is 101 Å². The van der Waals surface area contributed by atoms with Crippen LogP contribution < -0.4 is 4.74 Å². The number of para-hydroxylation sites is 1. The molecular formula is C28H25N3O3. The Kier molecular flexibility index (Phi) is 4.87. The van der Waals surface area contributed by atoms with E-state index in [0.29, 0.717) is 13.0 Å². The number of H-pyrrole nitrogens is 1. The molecule has 0 aliphatic carbocycles. The van der Waals surface area contributed by atoms with Gasteiger partial charge in [0.15, 0.2) is 0 Å². The molecule has 6 heteroatoms. The molecule has 0 unspecified atom stereocenters. The number of hydrogen-bond donors (Lipinski definition) is 1. The smallest absolute Gasteiger partial charge is 0.328 e. The van der Waals surface area contributed by atoms with Gasteiger partial charge in [-0.3, -0.25) is 14.6 Å². The lowest BCUT2D eigenvalue weighted by Gasteiger charge is -2.36. The van der Waals surface area contributed by atoms with E-state index in [0.717, 1.165) is 39.0 Å². The molecule has 3 aromatic carbocycles. The predicted molar refractivity (Wildman–Crippen MR) is 129 cm³/mol. The zero-order valence-corrected chi connectivity index (χ0v) is 18.9. The van der Waals surface area contributed by atoms with Gasteiger partial charge in [-0.15, -0.1) is 0 Å². The molecule has 3 amide bonds. The first-order valence-corrected chi connectivity index (χ1v) is 11.7. The lowest BCUT2D eigenvalue weighted by atomic mass is 9.89. The van der Waals surface area contributed by atoms with E-state index in [4.69, 9.17) is 4.74 Å². The lowest BCUT2D eigenvalue weighted by Crippen LogP contribution is -2.44. The van der Waals surface area contributed by atoms with Crippen LogP contribution in [0.5, 0.6) is 5.75 Å². The summed E-state index contributed by atoms with van der Waals surface area (Å²) in [7, 11) is 0. The van der Waals surface area contributed by atoms with E-state index < -0.39 is 6.04 Å². The zero-order chi connectivity index (χ0) is 23.2. The van der Waals surface area contributed by atoms with Crippen molar-refractivity contribution in [2.75, 3.05) is 6.61 Å². The predicted octanol–water partition coefficient (Wildman–Crippen LogP) is 5.05. The number of nitrogens with one attached hydrogen (secondary N) is 1. The van der Waals surface area contributed by atoms with Gasteiger partial charge in [-0.05, 0) is 41.8 Å². The van der Waals surface area contributed by atoms with Crippen molar-refractivity contribution >= 4 is 22.8 Å². The molecule has 170 valence electrons. The van der Waals surface area contributed by atoms with Gasteiger partial charge in [-0.1, -0.05) is 60.7 Å². The molecule has 4 aromatic rings. The van der Waals surface area contributed by atoms with Gasteiger partial charge in [0.05, 0.1) is 13.2 Å². The van der Waals surface area contributed by atoms with Crippen molar-refractivity contribution in [1.29, 1.82) is 0 Å². The van der Waals surface area contributed by atoms with Gasteiger partial charge in [0.25, 0.3) is 5.91 Å². The maximum absolute atomic E-state index is 13.7. The number of carbonyl (C=O) groups excluding carboxylic acids is 2. The number of hydrogen-bond acceptors (Lipinski definition) is 3. The molecule has 2 aliphatic rings. The van der Waals surface area contributed by atoms with Crippen LogP contribution in [0.25, 0.3) is 10.9 Å². The number of aromatic amines is 1. The summed E-state index contributed by atoms with van der Waals surface area (Å²) < 4.78 is 5.62. The number of nitrogens with zero attached hydrogens (tertiary/aromatic N) is 2. The third-order valence-corrected chi connectivity index (χ3v) is 6.82. The molecule has 0 saturated carbocycles. The molecule has 0 radical (unpaired) electrons. The van der Waals surface area contributed by atoms with Crippen LogP contribution in [0.1, 0.15) is 35.3 Å². The van der Waals surface area contributed by atoms with Crippen molar-refractivity contribution in [2.45, 2.75) is 32.0 Å². The number of amides is 3. The average Bonchev–Trinajstić information content (AvgIpc) is 3.35. The van der Waals surface area contributed by atoms with Gasteiger partial charge in [-0.25, -0.2) is 4.79 Å². The van der Waals surface area contributed by atoms with Crippen molar-refractivity contribution in [2.24, 2.45) is 0 Å². The first-order chi connectivity index (χ1) is 16.7. The second-order valence-corrected chi connectivity index (χ2v) is 8.79. The normalized spacial score (nSPS) is 19.4. The number of rotatable bonds is 5. The van der Waals surface area contributed by atoms with Crippen LogP contribution in [0.2, 0.25) is 0 Å². The van der Waals surface area contributed by atoms with E-state index in [1.165, 1.54) is 4.90 Å². The second kappa shape index (κ2) is 8.06. The highest BCUT2D eigenvalue weighted by Gasteiger charge is 2.52. The molecule has 2 atom stereocenters. The number of ether oxygens (including phenoxy) is 1. The summed E-state index contributed by atoms with van der Waals surface area (Å²) in [6.07, 6.45) is 0.503. The third kappa shape index (κ3) is 3.17. The molecule has 6 nitrogen and oxygen atoms in total. The minimum Gasteiger partial charge on any atom is -0.494 e. The van der Waals surface area contributed by atoms with E-state index in [2.05, 4.69) is 11.1 Å². The summed E-state index contributed by atoms with van der Waals surface area (Å²) in [5, 5.41) is 1.11. The Hall–Kier alpha value is -4.06. The van der Waals surface area contributed by atoms with Crippen LogP contribution in [-0.2, 0) is 17.8 Å². The largest absolute Gasteiger partial charge is 0.494 e. The Bertz CT molecular complexity index is 1380. The number of aromatic nitrogens is 1. The Morgan fingerprint density at radius 3 is 2.44 bits per heavy atom. The molecule has 1 fully saturated rings. The van der Waals surface area contributed by atoms with E-state index in [-0.39, 0.29) is 24.5 Å². The first kappa shape index (κ1) is 20.5. The Morgan fingerprint density at radius 1 is 0.941 bits per heavy atom. The molecule has 1 saturated heterocycles. The molecule has 1 N–H and O–H groups in total. The summed E-state index contributed by atoms with van der Waals surface area (Å²) in [6, 6.07) is 24.5. The molecular weight excluding hydrogens is 426 g/mol. The van der Waals surface area contributed by atoms with Gasteiger partial charge >= 0.3 is 6.03 Å². The Labute approximate surface area is 197 Å². The van der Waals surface area contributed by atoms with Crippen molar-refractivity contribution in [3.63, 3.8) is 0 Å². The molecule has 34 heavy (non-hydrogen) atoms. The lowest BCUT2D eigenvalue weighted by molar-refractivity contribution is -0.129. The van der Waals surface area contributed by atoms with Crippen LogP contribution in [0.4, 0.5) is 4.79 Å². The van der Waals surface area contributed by atoms with Crippen LogP contribution in [0.3, 0.4) is 0 Å². The topological polar surface area (TPSA) is 65.6 Å². The molecule has 3 heterocycles. The minimum atomic E-state index is -0.528. The molecule has 1 aromatic heterocycles. The van der Waals surface area contributed by atoms with E-state index in [1.54, 1.807) is 4.90 Å². The Balaban J connectivity index is 1.46. The highest BCUT2D eigenvalue weighted by molar-refractivity contribution is 6.05. The zero-order valence-electron chi connectivity index (χ0n) is 18.9. The minimum absolute atomic E-state index is 0.138. The van der Waals surface area contributed by atoms with Gasteiger partial charge in [0.2, 0.25) is 0 Å². The molecule has 6 rings (SSSR count). The fourth-order valence-corrected chi connectivity index (χ4v) is 5.30. The standard InChI is InChI=1S/C28H25N3O3/c1-2-34-20-14-12-19(13-15-20)26-25-22(21-10-6-7-11-23(21)29-25)16-24-27(32)30(28(33)31(24)26)17-18-8-4-3-5-9-18/h3-15,24,26,29H,2,16-17H2,1H3/t24-,26+/m1/s1. The fourth-order valence-electron chi connectivity index (χ4n) is 5.30. The van der Waals surface area contributed by atoms with Crippen LogP contribution in [0.15, 0.2) is 78.9 Å². The maximum atomic E-state index is 13.7. The SMILES string of the molecule is CCOc1ccc([C@H]2c3[nH]c4ccccc4c3C[C@@H]3C(=O)N(Cc4ccccc4)C(=O)N23)cc1. The number of benzene rings is 3. The van der Waals surface area contributed by atoms with Crippen LogP contribution in [0, 0.1) is 0 Å². The van der Waals surface area contributed by atoms with Gasteiger partial charge in [-0.2, -0.15) is 0 Å². The van der Waals surface area contributed by atoms with E-state index in [9.17, 15) is 9.59 Å². The highest BCUT2D eigenvalue weighted by Crippen LogP contribution is 2.44. The highest BCUT2D eigenvalue weighted by atomic mass is 16.5. The fraction of sp³-hybridized carbons (Fsp3) is 0.214. The van der Waals surface area contributed by atoms with Gasteiger partial charge in [0, 0.05) is 23.0 Å².